The van der Waals surface area contributed by atoms with Crippen molar-refractivity contribution in [3.05, 3.63) is 29.0 Å². The Morgan fingerprint density at radius 3 is 2.79 bits per heavy atom. The van der Waals surface area contributed by atoms with Crippen molar-refractivity contribution in [3.8, 4) is 0 Å². The normalized spacial score (nSPS) is 20.6. The summed E-state index contributed by atoms with van der Waals surface area (Å²) in [5, 5.41) is 8.88. The molecule has 1 aromatic rings. The SMILES string of the molecule is O=C(O)[C@@H]1CCCN1S(=O)(=O)c1cc(F)ccc1Cl. The van der Waals surface area contributed by atoms with Crippen molar-refractivity contribution in [1.82, 2.24) is 4.31 Å². The molecule has 1 aliphatic heterocycles. The Hall–Kier alpha value is -1.18. The Labute approximate surface area is 114 Å². The van der Waals surface area contributed by atoms with Crippen LogP contribution in [-0.2, 0) is 14.8 Å². The molecule has 0 aliphatic carbocycles. The van der Waals surface area contributed by atoms with Crippen LogP contribution in [-0.4, -0.2) is 36.4 Å². The standard InChI is InChI=1S/C11H11ClFNO4S/c12-8-4-3-7(13)6-10(8)19(17,18)14-5-1-2-9(14)11(15)16/h3-4,6,9H,1-2,5H2,(H,15,16)/t9-/m0/s1. The van der Waals surface area contributed by atoms with E-state index < -0.39 is 32.7 Å². The molecule has 19 heavy (non-hydrogen) atoms. The van der Waals surface area contributed by atoms with Crippen LogP contribution < -0.4 is 0 Å². The molecule has 1 aromatic carbocycles. The average molecular weight is 308 g/mol. The summed E-state index contributed by atoms with van der Waals surface area (Å²) in [4.78, 5) is 10.6. The third-order valence-electron chi connectivity index (χ3n) is 2.97. The highest BCUT2D eigenvalue weighted by Crippen LogP contribution is 2.30. The van der Waals surface area contributed by atoms with Gasteiger partial charge in [-0.3, -0.25) is 4.79 Å². The first-order valence-electron chi connectivity index (χ1n) is 5.54. The maximum atomic E-state index is 13.2. The molecule has 1 saturated heterocycles. The molecule has 1 aliphatic rings. The van der Waals surface area contributed by atoms with Crippen LogP contribution in [0.4, 0.5) is 4.39 Å². The fourth-order valence-electron chi connectivity index (χ4n) is 2.08. The first kappa shape index (κ1) is 14.2. The predicted octanol–water partition coefficient (Wildman–Crippen LogP) is 1.72. The highest BCUT2D eigenvalue weighted by Gasteiger charge is 2.40. The second-order valence-electron chi connectivity index (χ2n) is 4.19. The molecule has 0 amide bonds. The second kappa shape index (κ2) is 5.07. The Morgan fingerprint density at radius 1 is 1.47 bits per heavy atom. The van der Waals surface area contributed by atoms with Crippen LogP contribution in [0.25, 0.3) is 0 Å². The van der Waals surface area contributed by atoms with Gasteiger partial charge in [0, 0.05) is 6.54 Å². The fourth-order valence-corrected chi connectivity index (χ4v) is 4.21. The molecule has 0 unspecified atom stereocenters. The molecule has 1 heterocycles. The first-order valence-corrected chi connectivity index (χ1v) is 7.35. The summed E-state index contributed by atoms with van der Waals surface area (Å²) in [5.74, 6) is -1.96. The predicted molar refractivity (Wildman–Crippen MR) is 66.0 cm³/mol. The van der Waals surface area contributed by atoms with E-state index in [1.807, 2.05) is 0 Å². The van der Waals surface area contributed by atoms with Gasteiger partial charge in [0.25, 0.3) is 0 Å². The highest BCUT2D eigenvalue weighted by molar-refractivity contribution is 7.89. The minimum absolute atomic E-state index is 0.0894. The zero-order chi connectivity index (χ0) is 14.2. The summed E-state index contributed by atoms with van der Waals surface area (Å²) >= 11 is 5.77. The Morgan fingerprint density at radius 2 is 2.16 bits per heavy atom. The molecule has 0 saturated carbocycles. The van der Waals surface area contributed by atoms with Gasteiger partial charge in [-0.25, -0.2) is 12.8 Å². The highest BCUT2D eigenvalue weighted by atomic mass is 35.5. The zero-order valence-corrected chi connectivity index (χ0v) is 11.3. The summed E-state index contributed by atoms with van der Waals surface area (Å²) in [6.07, 6.45) is 0.685. The van der Waals surface area contributed by atoms with E-state index in [2.05, 4.69) is 0 Å². The van der Waals surface area contributed by atoms with E-state index >= 15 is 0 Å². The number of carbonyl (C=O) groups is 1. The number of hydrogen-bond donors (Lipinski definition) is 1. The van der Waals surface area contributed by atoms with E-state index in [0.717, 1.165) is 22.5 Å². The number of carboxylic acid groups (broad SMARTS) is 1. The number of carboxylic acids is 1. The summed E-state index contributed by atoms with van der Waals surface area (Å²) in [7, 11) is -4.11. The molecule has 1 fully saturated rings. The molecule has 0 radical (unpaired) electrons. The molecule has 0 spiro atoms. The average Bonchev–Trinajstić information content (AvgIpc) is 2.82. The lowest BCUT2D eigenvalue weighted by Gasteiger charge is -2.21. The third-order valence-corrected chi connectivity index (χ3v) is 5.36. The molecule has 8 heteroatoms. The lowest BCUT2D eigenvalue weighted by Crippen LogP contribution is -2.40. The van der Waals surface area contributed by atoms with E-state index in [4.69, 9.17) is 16.7 Å². The summed E-state index contributed by atoms with van der Waals surface area (Å²) in [6.45, 7) is 0.0894. The summed E-state index contributed by atoms with van der Waals surface area (Å²) in [6, 6.07) is 1.86. The third kappa shape index (κ3) is 2.58. The van der Waals surface area contributed by atoms with Crippen LogP contribution >= 0.6 is 11.6 Å². The van der Waals surface area contributed by atoms with Crippen molar-refractivity contribution in [2.24, 2.45) is 0 Å². The van der Waals surface area contributed by atoms with Crippen LogP contribution in [0.5, 0.6) is 0 Å². The number of benzene rings is 1. The van der Waals surface area contributed by atoms with Crippen LogP contribution in [0.2, 0.25) is 5.02 Å². The zero-order valence-electron chi connectivity index (χ0n) is 9.71. The quantitative estimate of drug-likeness (QED) is 0.922. The maximum Gasteiger partial charge on any atom is 0.322 e. The largest absolute Gasteiger partial charge is 0.480 e. The molecular formula is C11H11ClFNO4S. The van der Waals surface area contributed by atoms with Gasteiger partial charge < -0.3 is 5.11 Å². The van der Waals surface area contributed by atoms with E-state index in [1.54, 1.807) is 0 Å². The van der Waals surface area contributed by atoms with Crippen molar-refractivity contribution in [2.75, 3.05) is 6.54 Å². The van der Waals surface area contributed by atoms with Gasteiger partial charge in [0.2, 0.25) is 10.0 Å². The fraction of sp³-hybridized carbons (Fsp3) is 0.364. The van der Waals surface area contributed by atoms with Crippen molar-refractivity contribution in [2.45, 2.75) is 23.8 Å². The minimum Gasteiger partial charge on any atom is -0.480 e. The van der Waals surface area contributed by atoms with Crippen molar-refractivity contribution in [1.29, 1.82) is 0 Å². The summed E-state index contributed by atoms with van der Waals surface area (Å²) in [5.41, 5.74) is 0. The van der Waals surface area contributed by atoms with E-state index in [1.165, 1.54) is 0 Å². The number of sulfonamides is 1. The number of hydrogen-bond acceptors (Lipinski definition) is 3. The Bertz CT molecular complexity index is 619. The van der Waals surface area contributed by atoms with E-state index in [0.29, 0.717) is 6.42 Å². The molecule has 104 valence electrons. The first-order chi connectivity index (χ1) is 8.84. The number of rotatable bonds is 3. The molecule has 1 atom stereocenters. The molecular weight excluding hydrogens is 297 g/mol. The van der Waals surface area contributed by atoms with Gasteiger partial charge in [0.15, 0.2) is 0 Å². The Kier molecular flexibility index (Phi) is 3.80. The van der Waals surface area contributed by atoms with Crippen molar-refractivity contribution >= 4 is 27.6 Å². The monoisotopic (exact) mass is 307 g/mol. The van der Waals surface area contributed by atoms with Gasteiger partial charge in [-0.1, -0.05) is 11.6 Å². The number of halogens is 2. The molecule has 0 aromatic heterocycles. The van der Waals surface area contributed by atoms with Crippen LogP contribution in [0.1, 0.15) is 12.8 Å². The minimum atomic E-state index is -4.11. The van der Waals surface area contributed by atoms with Gasteiger partial charge in [-0.15, -0.1) is 0 Å². The lowest BCUT2D eigenvalue weighted by atomic mass is 10.2. The number of nitrogens with zero attached hydrogens (tertiary/aromatic N) is 1. The van der Waals surface area contributed by atoms with Crippen LogP contribution in [0.15, 0.2) is 23.1 Å². The Balaban J connectivity index is 2.48. The lowest BCUT2D eigenvalue weighted by molar-refractivity contribution is -0.140. The van der Waals surface area contributed by atoms with Gasteiger partial charge in [-0.2, -0.15) is 4.31 Å². The van der Waals surface area contributed by atoms with E-state index in [-0.39, 0.29) is 18.0 Å². The van der Waals surface area contributed by atoms with Crippen LogP contribution in [0.3, 0.4) is 0 Å². The van der Waals surface area contributed by atoms with Gasteiger partial charge >= 0.3 is 5.97 Å². The molecule has 2 rings (SSSR count). The van der Waals surface area contributed by atoms with E-state index in [9.17, 15) is 17.6 Å². The van der Waals surface area contributed by atoms with Gasteiger partial charge in [0.1, 0.15) is 16.8 Å². The van der Waals surface area contributed by atoms with Gasteiger partial charge in [0.05, 0.1) is 5.02 Å². The second-order valence-corrected chi connectivity index (χ2v) is 6.45. The molecule has 1 N–H and O–H groups in total. The topological polar surface area (TPSA) is 74.7 Å². The maximum absolute atomic E-state index is 13.2. The molecule has 0 bridgehead atoms. The smallest absolute Gasteiger partial charge is 0.322 e. The number of aliphatic carboxylic acids is 1. The van der Waals surface area contributed by atoms with Crippen molar-refractivity contribution in [3.63, 3.8) is 0 Å². The van der Waals surface area contributed by atoms with Crippen molar-refractivity contribution < 1.29 is 22.7 Å². The summed E-state index contributed by atoms with van der Waals surface area (Å²) < 4.78 is 38.7. The van der Waals surface area contributed by atoms with Crippen LogP contribution in [0, 0.1) is 5.82 Å². The molecule has 5 nitrogen and oxygen atoms in total. The van der Waals surface area contributed by atoms with Gasteiger partial charge in [-0.05, 0) is 31.0 Å².